The standard InChI is InChI=1S/C24H34O3/c25-21-14-19(8-4-7-18-13-20(18)15-9-10-15)27-24(26)23(21)22(17-11-12-17)16-5-2-1-3-6-16/h14-18,20,22,25H,1-13H2. The molecule has 0 saturated heterocycles. The molecule has 148 valence electrons. The second-order valence-corrected chi connectivity index (χ2v) is 9.95. The van der Waals surface area contributed by atoms with Gasteiger partial charge in [-0.3, -0.25) is 0 Å². The van der Waals surface area contributed by atoms with Crippen molar-refractivity contribution in [2.24, 2.45) is 29.6 Å². The van der Waals surface area contributed by atoms with Crippen LogP contribution in [-0.4, -0.2) is 5.11 Å². The maximum absolute atomic E-state index is 12.8. The smallest absolute Gasteiger partial charge is 0.343 e. The van der Waals surface area contributed by atoms with Gasteiger partial charge < -0.3 is 9.52 Å². The molecular formula is C24H34O3. The van der Waals surface area contributed by atoms with E-state index in [-0.39, 0.29) is 17.3 Å². The highest BCUT2D eigenvalue weighted by Crippen LogP contribution is 2.56. The van der Waals surface area contributed by atoms with E-state index in [1.165, 1.54) is 70.6 Å². The van der Waals surface area contributed by atoms with Gasteiger partial charge in [0.15, 0.2) is 0 Å². The van der Waals surface area contributed by atoms with Crippen LogP contribution in [0.4, 0.5) is 0 Å². The summed E-state index contributed by atoms with van der Waals surface area (Å²) in [5, 5.41) is 10.7. The Morgan fingerprint density at radius 3 is 2.44 bits per heavy atom. The first-order chi connectivity index (χ1) is 13.2. The van der Waals surface area contributed by atoms with Gasteiger partial charge >= 0.3 is 5.63 Å². The summed E-state index contributed by atoms with van der Waals surface area (Å²) in [5.74, 6) is 5.22. The lowest BCUT2D eigenvalue weighted by Gasteiger charge is -2.30. The van der Waals surface area contributed by atoms with Crippen LogP contribution in [0, 0.1) is 29.6 Å². The van der Waals surface area contributed by atoms with Gasteiger partial charge in [0.25, 0.3) is 0 Å². The molecule has 4 aliphatic carbocycles. The van der Waals surface area contributed by atoms with Gasteiger partial charge in [-0.2, -0.15) is 0 Å². The topological polar surface area (TPSA) is 50.4 Å². The van der Waals surface area contributed by atoms with E-state index in [1.807, 2.05) is 0 Å². The van der Waals surface area contributed by atoms with Crippen molar-refractivity contribution in [1.29, 1.82) is 0 Å². The van der Waals surface area contributed by atoms with Gasteiger partial charge in [-0.1, -0.05) is 19.3 Å². The third-order valence-corrected chi connectivity index (χ3v) is 7.84. The Balaban J connectivity index is 1.25. The summed E-state index contributed by atoms with van der Waals surface area (Å²) in [6.45, 7) is 0. The molecule has 4 fully saturated rings. The molecular weight excluding hydrogens is 336 g/mol. The summed E-state index contributed by atoms with van der Waals surface area (Å²) >= 11 is 0. The van der Waals surface area contributed by atoms with E-state index in [4.69, 9.17) is 4.42 Å². The van der Waals surface area contributed by atoms with E-state index in [1.54, 1.807) is 6.07 Å². The second-order valence-electron chi connectivity index (χ2n) is 9.95. The van der Waals surface area contributed by atoms with E-state index in [2.05, 4.69) is 0 Å². The van der Waals surface area contributed by atoms with Gasteiger partial charge in [-0.25, -0.2) is 4.79 Å². The number of hydrogen-bond acceptors (Lipinski definition) is 3. The van der Waals surface area contributed by atoms with Crippen LogP contribution in [0.2, 0.25) is 0 Å². The molecule has 4 aliphatic rings. The molecule has 1 aromatic heterocycles. The quantitative estimate of drug-likeness (QED) is 0.630. The number of aryl methyl sites for hydroxylation is 1. The van der Waals surface area contributed by atoms with Crippen molar-refractivity contribution in [3.05, 3.63) is 27.8 Å². The predicted molar refractivity (Wildman–Crippen MR) is 106 cm³/mol. The number of hydrogen-bond donors (Lipinski definition) is 1. The third kappa shape index (κ3) is 3.98. The van der Waals surface area contributed by atoms with Crippen LogP contribution in [0.5, 0.6) is 5.75 Å². The fourth-order valence-electron chi connectivity index (χ4n) is 6.02. The minimum absolute atomic E-state index is 0.214. The van der Waals surface area contributed by atoms with Crippen molar-refractivity contribution < 1.29 is 9.52 Å². The van der Waals surface area contributed by atoms with Crippen molar-refractivity contribution in [2.45, 2.75) is 89.4 Å². The SMILES string of the molecule is O=c1oc(CCCC2CC2C2CC2)cc(O)c1C(C1CCCCC1)C1CC1. The summed E-state index contributed by atoms with van der Waals surface area (Å²) in [7, 11) is 0. The van der Waals surface area contributed by atoms with Crippen molar-refractivity contribution in [3.8, 4) is 5.75 Å². The van der Waals surface area contributed by atoms with Crippen LogP contribution in [0.25, 0.3) is 0 Å². The molecule has 0 radical (unpaired) electrons. The first-order valence-corrected chi connectivity index (χ1v) is 11.6. The van der Waals surface area contributed by atoms with Gasteiger partial charge in [-0.05, 0) is 87.4 Å². The Kier molecular flexibility index (Phi) is 4.81. The minimum Gasteiger partial charge on any atom is -0.507 e. The lowest BCUT2D eigenvalue weighted by molar-refractivity contribution is 0.271. The predicted octanol–water partition coefficient (Wildman–Crippen LogP) is 5.79. The lowest BCUT2D eigenvalue weighted by atomic mass is 9.74. The zero-order chi connectivity index (χ0) is 18.4. The zero-order valence-electron chi connectivity index (χ0n) is 16.5. The van der Waals surface area contributed by atoms with Crippen LogP contribution in [0.15, 0.2) is 15.3 Å². The van der Waals surface area contributed by atoms with Crippen LogP contribution in [0.1, 0.15) is 94.3 Å². The monoisotopic (exact) mass is 370 g/mol. The fraction of sp³-hybridized carbons (Fsp3) is 0.792. The van der Waals surface area contributed by atoms with E-state index >= 15 is 0 Å². The number of rotatable bonds is 8. The Labute approximate surface area is 162 Å². The second kappa shape index (κ2) is 7.29. The van der Waals surface area contributed by atoms with Gasteiger partial charge in [-0.15, -0.1) is 0 Å². The van der Waals surface area contributed by atoms with Gasteiger partial charge in [0, 0.05) is 18.4 Å². The van der Waals surface area contributed by atoms with Gasteiger partial charge in [0.2, 0.25) is 0 Å². The maximum atomic E-state index is 12.8. The summed E-state index contributed by atoms with van der Waals surface area (Å²) in [5.41, 5.74) is 0.346. The molecule has 0 amide bonds. The zero-order valence-corrected chi connectivity index (χ0v) is 16.5. The third-order valence-electron chi connectivity index (χ3n) is 7.84. The molecule has 1 heterocycles. The average Bonchev–Trinajstić information content (AvgIpc) is 3.52. The van der Waals surface area contributed by atoms with Crippen molar-refractivity contribution in [3.63, 3.8) is 0 Å². The molecule has 4 saturated carbocycles. The summed E-state index contributed by atoms with van der Waals surface area (Å²) in [6, 6.07) is 1.76. The molecule has 3 heteroatoms. The van der Waals surface area contributed by atoms with Crippen molar-refractivity contribution >= 4 is 0 Å². The largest absolute Gasteiger partial charge is 0.507 e. The van der Waals surface area contributed by atoms with E-state index in [0.717, 1.165) is 30.6 Å². The summed E-state index contributed by atoms with van der Waals surface area (Å²) < 4.78 is 5.71. The van der Waals surface area contributed by atoms with Gasteiger partial charge in [0.05, 0.1) is 5.56 Å². The molecule has 1 aromatic rings. The Morgan fingerprint density at radius 1 is 1.04 bits per heavy atom. The lowest BCUT2D eigenvalue weighted by Crippen LogP contribution is -2.24. The summed E-state index contributed by atoms with van der Waals surface area (Å²) in [4.78, 5) is 12.8. The average molecular weight is 371 g/mol. The molecule has 3 nitrogen and oxygen atoms in total. The molecule has 0 aromatic carbocycles. The Bertz CT molecular complexity index is 722. The first-order valence-electron chi connectivity index (χ1n) is 11.6. The molecule has 1 N–H and O–H groups in total. The maximum Gasteiger partial charge on any atom is 0.343 e. The summed E-state index contributed by atoms with van der Waals surface area (Å²) in [6.07, 6.45) is 16.1. The molecule has 0 aliphatic heterocycles. The van der Waals surface area contributed by atoms with Crippen LogP contribution in [-0.2, 0) is 6.42 Å². The molecule has 0 spiro atoms. The highest BCUT2D eigenvalue weighted by Gasteiger charge is 2.46. The highest BCUT2D eigenvalue weighted by atomic mass is 16.4. The molecule has 3 unspecified atom stereocenters. The van der Waals surface area contributed by atoms with Crippen molar-refractivity contribution in [2.75, 3.05) is 0 Å². The Hall–Kier alpha value is -1.25. The van der Waals surface area contributed by atoms with Crippen LogP contribution < -0.4 is 5.63 Å². The number of aromatic hydroxyl groups is 1. The molecule has 5 rings (SSSR count). The molecule has 3 atom stereocenters. The van der Waals surface area contributed by atoms with Crippen molar-refractivity contribution in [1.82, 2.24) is 0 Å². The Morgan fingerprint density at radius 2 is 1.78 bits per heavy atom. The van der Waals surface area contributed by atoms with E-state index in [0.29, 0.717) is 23.2 Å². The van der Waals surface area contributed by atoms with E-state index in [9.17, 15) is 9.90 Å². The normalized spacial score (nSPS) is 29.6. The van der Waals surface area contributed by atoms with Crippen LogP contribution >= 0.6 is 0 Å². The minimum atomic E-state index is -0.255. The van der Waals surface area contributed by atoms with E-state index < -0.39 is 0 Å². The molecule has 0 bridgehead atoms. The fourth-order valence-corrected chi connectivity index (χ4v) is 6.02. The first kappa shape index (κ1) is 17.8. The molecule has 27 heavy (non-hydrogen) atoms. The highest BCUT2D eigenvalue weighted by molar-refractivity contribution is 5.35. The van der Waals surface area contributed by atoms with Gasteiger partial charge in [0.1, 0.15) is 11.5 Å². The van der Waals surface area contributed by atoms with Crippen LogP contribution in [0.3, 0.4) is 0 Å².